The van der Waals surface area contributed by atoms with Gasteiger partial charge < -0.3 is 20.3 Å². The number of aliphatic imine (C=N–C) groups is 1. The predicted molar refractivity (Wildman–Crippen MR) is 131 cm³/mol. The Hall–Kier alpha value is -1.10. The first-order chi connectivity index (χ1) is 13.3. The summed E-state index contributed by atoms with van der Waals surface area (Å²) in [4.78, 5) is 23.6. The number of likely N-dealkylation sites (tertiary alicyclic amines) is 1. The van der Waals surface area contributed by atoms with E-state index in [1.54, 1.807) is 11.3 Å². The molecule has 0 aliphatic carbocycles. The largest absolute Gasteiger partial charge is 0.444 e. The van der Waals surface area contributed by atoms with Crippen LogP contribution in [0.5, 0.6) is 0 Å². The third kappa shape index (κ3) is 9.50. The second-order valence-electron chi connectivity index (χ2n) is 8.08. The van der Waals surface area contributed by atoms with Crippen LogP contribution in [0.25, 0.3) is 0 Å². The number of carbonyl (C=O) groups excluding carboxylic acids is 1. The third-order valence-electron chi connectivity index (χ3n) is 4.40. The zero-order valence-corrected chi connectivity index (χ0v) is 21.4. The summed E-state index contributed by atoms with van der Waals surface area (Å²) >= 11 is 1.68. The minimum atomic E-state index is -0.479. The fourth-order valence-corrected chi connectivity index (χ4v) is 3.77. The molecule has 1 aromatic heterocycles. The van der Waals surface area contributed by atoms with E-state index in [1.807, 2.05) is 32.6 Å². The zero-order chi connectivity index (χ0) is 20.6. The average molecular weight is 538 g/mol. The summed E-state index contributed by atoms with van der Waals surface area (Å²) in [7, 11) is 0. The highest BCUT2D eigenvalue weighted by atomic mass is 127. The van der Waals surface area contributed by atoms with Gasteiger partial charge in [-0.15, -0.1) is 35.3 Å². The van der Waals surface area contributed by atoms with Crippen molar-refractivity contribution in [3.8, 4) is 0 Å². The summed E-state index contributed by atoms with van der Waals surface area (Å²) in [6.45, 7) is 12.7. The van der Waals surface area contributed by atoms with Crippen LogP contribution < -0.4 is 10.6 Å². The fourth-order valence-electron chi connectivity index (χ4n) is 3.12. The molecule has 1 aromatic rings. The van der Waals surface area contributed by atoms with Crippen molar-refractivity contribution in [3.05, 3.63) is 16.1 Å². The van der Waals surface area contributed by atoms with E-state index in [2.05, 4.69) is 27.9 Å². The number of aryl methyl sites for hydroxylation is 1. The minimum Gasteiger partial charge on any atom is -0.444 e. The average Bonchev–Trinajstić information content (AvgIpc) is 3.03. The maximum Gasteiger partial charge on any atom is 0.410 e. The Kier molecular flexibility index (Phi) is 11.2. The molecule has 2 N–H and O–H groups in total. The molecule has 2 rings (SSSR count). The highest BCUT2D eigenvalue weighted by Gasteiger charge is 2.30. The number of hydrogen-bond donors (Lipinski definition) is 2. The second kappa shape index (κ2) is 12.6. The summed E-state index contributed by atoms with van der Waals surface area (Å²) in [5, 5.41) is 9.84. The fraction of sp³-hybridized carbons (Fsp3) is 0.750. The Bertz CT molecular complexity index is 660. The molecule has 0 radical (unpaired) electrons. The van der Waals surface area contributed by atoms with Crippen molar-refractivity contribution in [2.45, 2.75) is 71.9 Å². The number of carbonyl (C=O) groups is 1. The Morgan fingerprint density at radius 3 is 2.76 bits per heavy atom. The summed E-state index contributed by atoms with van der Waals surface area (Å²) in [6.07, 6.45) is 3.73. The number of nitrogens with zero attached hydrogens (tertiary/aromatic N) is 3. The van der Waals surface area contributed by atoms with Crippen molar-refractivity contribution in [1.29, 1.82) is 0 Å². The molecule has 7 nitrogen and oxygen atoms in total. The highest BCUT2D eigenvalue weighted by Crippen LogP contribution is 2.20. The molecule has 9 heteroatoms. The van der Waals surface area contributed by atoms with Crippen molar-refractivity contribution in [2.24, 2.45) is 4.99 Å². The third-order valence-corrected chi connectivity index (χ3v) is 5.22. The Morgan fingerprint density at radius 2 is 2.14 bits per heavy atom. The van der Waals surface area contributed by atoms with Crippen molar-refractivity contribution < 1.29 is 9.53 Å². The summed E-state index contributed by atoms with van der Waals surface area (Å²) in [5.41, 5.74) is 0.626. The molecule has 2 heterocycles. The Balaban J connectivity index is 0.00000420. The lowest BCUT2D eigenvalue weighted by molar-refractivity contribution is 0.0110. The molecular formula is C20H36IN5O2S. The number of halogens is 1. The number of guanidine groups is 1. The van der Waals surface area contributed by atoms with E-state index < -0.39 is 5.60 Å². The maximum atomic E-state index is 12.5. The molecule has 1 atom stereocenters. The van der Waals surface area contributed by atoms with Gasteiger partial charge in [0.2, 0.25) is 0 Å². The number of hydrogen-bond acceptors (Lipinski definition) is 5. The van der Waals surface area contributed by atoms with Gasteiger partial charge in [-0.25, -0.2) is 9.78 Å². The summed E-state index contributed by atoms with van der Waals surface area (Å²) in [6, 6.07) is 0.0836. The van der Waals surface area contributed by atoms with Crippen LogP contribution >= 0.6 is 35.3 Å². The molecule has 0 aromatic carbocycles. The molecular weight excluding hydrogens is 501 g/mol. The van der Waals surface area contributed by atoms with Crippen LogP contribution in [0.1, 0.15) is 57.7 Å². The first kappa shape index (κ1) is 25.9. The van der Waals surface area contributed by atoms with Gasteiger partial charge in [0.15, 0.2) is 5.96 Å². The van der Waals surface area contributed by atoms with Gasteiger partial charge in [0.1, 0.15) is 5.60 Å². The Morgan fingerprint density at radius 1 is 1.38 bits per heavy atom. The molecule has 1 unspecified atom stereocenters. The number of ether oxygens (including phenoxy) is 1. The molecule has 0 saturated carbocycles. The van der Waals surface area contributed by atoms with Crippen LogP contribution in [0, 0.1) is 6.92 Å². The zero-order valence-electron chi connectivity index (χ0n) is 18.3. The van der Waals surface area contributed by atoms with Gasteiger partial charge in [-0.2, -0.15) is 0 Å². The lowest BCUT2D eigenvalue weighted by atomic mass is 10.0. The number of thiazole rings is 1. The van der Waals surface area contributed by atoms with Crippen LogP contribution in [0.2, 0.25) is 0 Å². The van der Waals surface area contributed by atoms with Crippen molar-refractivity contribution in [3.63, 3.8) is 0 Å². The molecule has 1 aliphatic rings. The van der Waals surface area contributed by atoms with Gasteiger partial charge in [0, 0.05) is 31.4 Å². The molecule has 1 amide bonds. The molecule has 1 fully saturated rings. The number of piperidine rings is 1. The lowest BCUT2D eigenvalue weighted by Crippen LogP contribution is -2.48. The monoisotopic (exact) mass is 537 g/mol. The van der Waals surface area contributed by atoms with E-state index >= 15 is 0 Å². The first-order valence-electron chi connectivity index (χ1n) is 10.2. The Labute approximate surface area is 196 Å². The van der Waals surface area contributed by atoms with E-state index in [1.165, 1.54) is 0 Å². The number of rotatable bonds is 6. The van der Waals surface area contributed by atoms with Gasteiger partial charge in [0.05, 0.1) is 23.3 Å². The molecule has 166 valence electrons. The van der Waals surface area contributed by atoms with E-state index in [4.69, 9.17) is 9.73 Å². The summed E-state index contributed by atoms with van der Waals surface area (Å²) in [5.74, 6) is 0.782. The van der Waals surface area contributed by atoms with Gasteiger partial charge in [-0.05, 0) is 53.9 Å². The van der Waals surface area contributed by atoms with E-state index in [0.717, 1.165) is 62.0 Å². The number of nitrogens with one attached hydrogen (secondary N) is 2. The van der Waals surface area contributed by atoms with Gasteiger partial charge in [-0.1, -0.05) is 0 Å². The second-order valence-corrected chi connectivity index (χ2v) is 9.14. The normalized spacial score (nSPS) is 17.5. The van der Waals surface area contributed by atoms with E-state index in [-0.39, 0.29) is 36.1 Å². The van der Waals surface area contributed by atoms with Gasteiger partial charge >= 0.3 is 6.09 Å². The van der Waals surface area contributed by atoms with E-state index in [9.17, 15) is 4.79 Å². The first-order valence-corrected chi connectivity index (χ1v) is 11.1. The van der Waals surface area contributed by atoms with Crippen molar-refractivity contribution >= 4 is 47.4 Å². The van der Waals surface area contributed by atoms with Crippen molar-refractivity contribution in [1.82, 2.24) is 20.5 Å². The van der Waals surface area contributed by atoms with Gasteiger partial charge in [-0.3, -0.25) is 4.99 Å². The standard InChI is InChI=1S/C20H35N5O2S.HI/c1-6-21-18(22-11-10-16-14-28-15(2)24-16)23-13-17-9-7-8-12-25(17)19(26)27-20(3,4)5;/h14,17H,6-13H2,1-5H3,(H2,21,22,23);1H. The van der Waals surface area contributed by atoms with Crippen LogP contribution in [-0.4, -0.2) is 59.8 Å². The molecule has 0 spiro atoms. The van der Waals surface area contributed by atoms with Crippen LogP contribution in [0.15, 0.2) is 10.4 Å². The molecule has 29 heavy (non-hydrogen) atoms. The summed E-state index contributed by atoms with van der Waals surface area (Å²) < 4.78 is 5.58. The van der Waals surface area contributed by atoms with Crippen molar-refractivity contribution in [2.75, 3.05) is 26.2 Å². The molecule has 1 saturated heterocycles. The molecule has 0 bridgehead atoms. The predicted octanol–water partition coefficient (Wildman–Crippen LogP) is 3.96. The van der Waals surface area contributed by atoms with Crippen LogP contribution in [-0.2, 0) is 11.2 Å². The smallest absolute Gasteiger partial charge is 0.410 e. The SMILES string of the molecule is CCNC(=NCC1CCCCN1C(=O)OC(C)(C)C)NCCc1csc(C)n1.I. The van der Waals surface area contributed by atoms with Crippen LogP contribution in [0.4, 0.5) is 4.79 Å². The lowest BCUT2D eigenvalue weighted by Gasteiger charge is -2.36. The number of aromatic nitrogens is 1. The maximum absolute atomic E-state index is 12.5. The quantitative estimate of drug-likeness (QED) is 0.327. The molecule has 1 aliphatic heterocycles. The number of amides is 1. The minimum absolute atomic E-state index is 0. The van der Waals surface area contributed by atoms with E-state index in [0.29, 0.717) is 6.54 Å². The van der Waals surface area contributed by atoms with Crippen LogP contribution in [0.3, 0.4) is 0 Å². The topological polar surface area (TPSA) is 78.9 Å². The van der Waals surface area contributed by atoms with Gasteiger partial charge in [0.25, 0.3) is 0 Å². The highest BCUT2D eigenvalue weighted by molar-refractivity contribution is 14.0.